The molecule has 0 spiro atoms. The number of halogens is 1. The van der Waals surface area contributed by atoms with Crippen molar-refractivity contribution in [1.29, 1.82) is 0 Å². The minimum atomic E-state index is 0.444. The van der Waals surface area contributed by atoms with Crippen LogP contribution in [0.5, 0.6) is 0 Å². The van der Waals surface area contributed by atoms with Crippen LogP contribution in [0.25, 0.3) is 5.78 Å². The van der Waals surface area contributed by atoms with Crippen molar-refractivity contribution in [1.82, 2.24) is 24.6 Å². The number of piperazine rings is 1. The van der Waals surface area contributed by atoms with Crippen LogP contribution in [0.3, 0.4) is 0 Å². The first-order valence-corrected chi connectivity index (χ1v) is 8.43. The zero-order chi connectivity index (χ0) is 17.2. The highest BCUT2D eigenvalue weighted by atomic mass is 35.5. The summed E-state index contributed by atoms with van der Waals surface area (Å²) in [7, 11) is 1.66. The van der Waals surface area contributed by atoms with Gasteiger partial charge in [-0.15, -0.1) is 0 Å². The Labute approximate surface area is 150 Å². The number of rotatable bonds is 4. The number of ether oxygens (including phenoxy) is 1. The molecule has 0 saturated carbocycles. The third kappa shape index (κ3) is 3.10. The number of hydrogen-bond donors (Lipinski definition) is 0. The average Bonchev–Trinajstić information content (AvgIpc) is 3.11. The second-order valence-electron chi connectivity index (χ2n) is 5.79. The number of aromatic nitrogens is 5. The van der Waals surface area contributed by atoms with E-state index in [9.17, 15) is 0 Å². The number of pyridine rings is 1. The predicted molar refractivity (Wildman–Crippen MR) is 95.2 cm³/mol. The van der Waals surface area contributed by atoms with Gasteiger partial charge in [-0.2, -0.15) is 14.6 Å². The van der Waals surface area contributed by atoms with Crippen LogP contribution in [0.15, 0.2) is 30.7 Å². The van der Waals surface area contributed by atoms with Crippen LogP contribution in [0.1, 0.15) is 5.69 Å². The minimum Gasteiger partial charge on any atom is -0.378 e. The number of methoxy groups -OCH3 is 1. The second-order valence-corrected chi connectivity index (χ2v) is 6.20. The molecule has 0 bridgehead atoms. The molecule has 3 aromatic heterocycles. The van der Waals surface area contributed by atoms with Crippen molar-refractivity contribution in [3.8, 4) is 0 Å². The summed E-state index contributed by atoms with van der Waals surface area (Å²) in [6.07, 6.45) is 3.29. The highest BCUT2D eigenvalue weighted by Gasteiger charge is 2.22. The van der Waals surface area contributed by atoms with Crippen LogP contribution in [0, 0.1) is 0 Å². The van der Waals surface area contributed by atoms with Crippen LogP contribution in [0.4, 0.5) is 11.6 Å². The maximum absolute atomic E-state index is 6.27. The van der Waals surface area contributed by atoms with Crippen molar-refractivity contribution in [2.75, 3.05) is 43.1 Å². The summed E-state index contributed by atoms with van der Waals surface area (Å²) in [4.78, 5) is 17.5. The molecular formula is C16H18ClN7O. The molecule has 0 radical (unpaired) electrons. The van der Waals surface area contributed by atoms with E-state index in [1.807, 2.05) is 18.2 Å². The lowest BCUT2D eigenvalue weighted by atomic mass is 10.3. The Morgan fingerprint density at radius 2 is 1.96 bits per heavy atom. The average molecular weight is 360 g/mol. The monoisotopic (exact) mass is 359 g/mol. The molecule has 0 N–H and O–H groups in total. The third-order valence-electron chi connectivity index (χ3n) is 4.22. The zero-order valence-corrected chi connectivity index (χ0v) is 14.6. The summed E-state index contributed by atoms with van der Waals surface area (Å²) in [5.74, 6) is 2.39. The van der Waals surface area contributed by atoms with Gasteiger partial charge in [-0.25, -0.2) is 9.97 Å². The molecule has 0 aromatic carbocycles. The quantitative estimate of drug-likeness (QED) is 0.701. The molecule has 9 heteroatoms. The van der Waals surface area contributed by atoms with Gasteiger partial charge in [0.25, 0.3) is 5.78 Å². The molecule has 3 aromatic rings. The fraction of sp³-hybridized carbons (Fsp3) is 0.375. The molecule has 1 fully saturated rings. The van der Waals surface area contributed by atoms with Crippen LogP contribution < -0.4 is 9.80 Å². The lowest BCUT2D eigenvalue weighted by Gasteiger charge is -2.36. The van der Waals surface area contributed by atoms with Gasteiger partial charge in [0.2, 0.25) is 0 Å². The van der Waals surface area contributed by atoms with Gasteiger partial charge in [0.15, 0.2) is 0 Å². The van der Waals surface area contributed by atoms with Gasteiger partial charge in [-0.3, -0.25) is 0 Å². The molecule has 1 saturated heterocycles. The van der Waals surface area contributed by atoms with E-state index in [0.29, 0.717) is 17.4 Å². The Balaban J connectivity index is 1.57. The first-order chi connectivity index (χ1) is 12.3. The molecule has 0 aliphatic carbocycles. The number of nitrogens with zero attached hydrogens (tertiary/aromatic N) is 7. The molecule has 4 heterocycles. The van der Waals surface area contributed by atoms with Gasteiger partial charge >= 0.3 is 0 Å². The maximum atomic E-state index is 6.27. The summed E-state index contributed by atoms with van der Waals surface area (Å²) in [6.45, 7) is 3.76. The Morgan fingerprint density at radius 3 is 2.72 bits per heavy atom. The van der Waals surface area contributed by atoms with Crippen LogP contribution in [-0.4, -0.2) is 57.9 Å². The number of hydrogen-bond acceptors (Lipinski definition) is 7. The molecule has 0 unspecified atom stereocenters. The van der Waals surface area contributed by atoms with E-state index < -0.39 is 0 Å². The topological polar surface area (TPSA) is 71.7 Å². The summed E-state index contributed by atoms with van der Waals surface area (Å²) in [6, 6.07) is 5.72. The van der Waals surface area contributed by atoms with Crippen LogP contribution >= 0.6 is 11.6 Å². The molecule has 130 valence electrons. The van der Waals surface area contributed by atoms with Crippen molar-refractivity contribution in [3.63, 3.8) is 0 Å². The predicted octanol–water partition coefficient (Wildman–Crippen LogP) is 1.65. The van der Waals surface area contributed by atoms with Gasteiger partial charge in [0, 0.05) is 45.6 Å². The van der Waals surface area contributed by atoms with Gasteiger partial charge in [0.05, 0.1) is 17.3 Å². The second kappa shape index (κ2) is 6.81. The molecule has 8 nitrogen and oxygen atoms in total. The SMILES string of the molecule is COCc1cc(N2CCN(c3ncccc3Cl)CC2)n2ncnc2n1. The summed E-state index contributed by atoms with van der Waals surface area (Å²) in [5.41, 5.74) is 0.841. The number of fused-ring (bicyclic) bond motifs is 1. The van der Waals surface area contributed by atoms with Crippen molar-refractivity contribution in [2.45, 2.75) is 6.61 Å². The highest BCUT2D eigenvalue weighted by molar-refractivity contribution is 6.32. The van der Waals surface area contributed by atoms with Crippen LogP contribution in [0.2, 0.25) is 5.02 Å². The van der Waals surface area contributed by atoms with E-state index in [2.05, 4.69) is 29.9 Å². The highest BCUT2D eigenvalue weighted by Crippen LogP contribution is 2.25. The Bertz CT molecular complexity index is 876. The lowest BCUT2D eigenvalue weighted by Crippen LogP contribution is -2.47. The molecule has 4 rings (SSSR count). The van der Waals surface area contributed by atoms with E-state index in [1.165, 1.54) is 6.33 Å². The maximum Gasteiger partial charge on any atom is 0.254 e. The minimum absolute atomic E-state index is 0.444. The fourth-order valence-electron chi connectivity index (χ4n) is 3.05. The molecule has 1 aliphatic heterocycles. The normalized spacial score (nSPS) is 15.1. The van der Waals surface area contributed by atoms with Crippen molar-refractivity contribution in [3.05, 3.63) is 41.4 Å². The number of anilines is 2. The Morgan fingerprint density at radius 1 is 1.16 bits per heavy atom. The molecule has 1 aliphatic rings. The smallest absolute Gasteiger partial charge is 0.254 e. The third-order valence-corrected chi connectivity index (χ3v) is 4.52. The largest absolute Gasteiger partial charge is 0.378 e. The van der Waals surface area contributed by atoms with E-state index >= 15 is 0 Å². The van der Waals surface area contributed by atoms with Crippen LogP contribution in [-0.2, 0) is 11.3 Å². The van der Waals surface area contributed by atoms with Gasteiger partial charge in [-0.1, -0.05) is 11.6 Å². The van der Waals surface area contributed by atoms with Gasteiger partial charge < -0.3 is 14.5 Å². The van der Waals surface area contributed by atoms with Crippen molar-refractivity contribution >= 4 is 29.0 Å². The van der Waals surface area contributed by atoms with Gasteiger partial charge in [0.1, 0.15) is 18.0 Å². The summed E-state index contributed by atoms with van der Waals surface area (Å²) < 4.78 is 6.98. The standard InChI is InChI=1S/C16H18ClN7O/c1-25-10-12-9-14(24-16(21-12)19-11-20-24)22-5-7-23(8-6-22)15-13(17)3-2-4-18-15/h2-4,9,11H,5-8,10H2,1H3. The van der Waals surface area contributed by atoms with E-state index in [0.717, 1.165) is 43.5 Å². The molecule has 0 amide bonds. The first kappa shape index (κ1) is 16.0. The lowest BCUT2D eigenvalue weighted by molar-refractivity contribution is 0.181. The first-order valence-electron chi connectivity index (χ1n) is 8.05. The van der Waals surface area contributed by atoms with Crippen molar-refractivity contribution in [2.24, 2.45) is 0 Å². The van der Waals surface area contributed by atoms with Gasteiger partial charge in [-0.05, 0) is 12.1 Å². The molecular weight excluding hydrogens is 342 g/mol. The fourth-order valence-corrected chi connectivity index (χ4v) is 3.29. The Kier molecular flexibility index (Phi) is 4.37. The van der Waals surface area contributed by atoms with Crippen molar-refractivity contribution < 1.29 is 4.74 Å². The van der Waals surface area contributed by atoms with E-state index in [-0.39, 0.29) is 0 Å². The molecule has 25 heavy (non-hydrogen) atoms. The molecule has 0 atom stereocenters. The summed E-state index contributed by atoms with van der Waals surface area (Å²) >= 11 is 6.27. The zero-order valence-electron chi connectivity index (χ0n) is 13.8. The van der Waals surface area contributed by atoms with E-state index in [1.54, 1.807) is 17.8 Å². The Hall–Kier alpha value is -2.45. The summed E-state index contributed by atoms with van der Waals surface area (Å²) in [5, 5.41) is 4.98. The van der Waals surface area contributed by atoms with E-state index in [4.69, 9.17) is 16.3 Å².